The van der Waals surface area contributed by atoms with E-state index in [-0.39, 0.29) is 0 Å². The summed E-state index contributed by atoms with van der Waals surface area (Å²) in [5.41, 5.74) is 0.932. The van der Waals surface area contributed by atoms with Crippen LogP contribution < -0.4 is 0 Å². The largest absolute Gasteiger partial charge is 0.262 e. The first-order valence-corrected chi connectivity index (χ1v) is 3.66. The first-order chi connectivity index (χ1) is 5.24. The summed E-state index contributed by atoms with van der Waals surface area (Å²) in [6, 6.07) is 0.394. The third-order valence-electron chi connectivity index (χ3n) is 1.45. The zero-order valence-corrected chi connectivity index (χ0v) is 6.91. The predicted octanol–water partition coefficient (Wildman–Crippen LogP) is 1.92. The van der Waals surface area contributed by atoms with Crippen molar-refractivity contribution in [2.24, 2.45) is 5.10 Å². The molecule has 0 fully saturated rings. The number of rotatable bonds is 2. The van der Waals surface area contributed by atoms with Crippen molar-refractivity contribution in [3.63, 3.8) is 0 Å². The molecule has 2 nitrogen and oxygen atoms in total. The van der Waals surface area contributed by atoms with Crippen LogP contribution in [0.5, 0.6) is 0 Å². The highest BCUT2D eigenvalue weighted by molar-refractivity contribution is 5.66. The molecule has 0 N–H and O–H groups in total. The van der Waals surface area contributed by atoms with Crippen LogP contribution in [0.15, 0.2) is 35.6 Å². The highest BCUT2D eigenvalue weighted by Gasteiger charge is 2.02. The van der Waals surface area contributed by atoms with E-state index >= 15 is 0 Å². The van der Waals surface area contributed by atoms with E-state index < -0.39 is 0 Å². The van der Waals surface area contributed by atoms with E-state index in [1.165, 1.54) is 0 Å². The molecule has 1 rings (SSSR count). The second kappa shape index (κ2) is 3.22. The maximum Gasteiger partial charge on any atom is 0.0470 e. The number of allylic oxidation sites excluding steroid dienone is 3. The molecule has 0 radical (unpaired) electrons. The topological polar surface area (TPSA) is 15.6 Å². The van der Waals surface area contributed by atoms with Gasteiger partial charge >= 0.3 is 0 Å². The molecule has 1 aliphatic rings. The van der Waals surface area contributed by atoms with Gasteiger partial charge in [0.1, 0.15) is 0 Å². The zero-order valence-electron chi connectivity index (χ0n) is 6.91. The van der Waals surface area contributed by atoms with Gasteiger partial charge < -0.3 is 0 Å². The minimum Gasteiger partial charge on any atom is -0.262 e. The summed E-state index contributed by atoms with van der Waals surface area (Å²) in [5, 5.41) is 5.92. The summed E-state index contributed by atoms with van der Waals surface area (Å²) in [4.78, 5) is 0. The molecule has 0 saturated heterocycles. The van der Waals surface area contributed by atoms with Crippen molar-refractivity contribution in [3.8, 4) is 0 Å². The quantitative estimate of drug-likeness (QED) is 0.584. The Bertz CT molecular complexity index is 242. The van der Waals surface area contributed by atoms with E-state index in [0.717, 1.165) is 5.57 Å². The van der Waals surface area contributed by atoms with Gasteiger partial charge in [0.05, 0.1) is 0 Å². The van der Waals surface area contributed by atoms with Crippen molar-refractivity contribution in [1.82, 2.24) is 5.01 Å². The Morgan fingerprint density at radius 2 is 2.45 bits per heavy atom. The Labute approximate surface area is 67.2 Å². The van der Waals surface area contributed by atoms with Crippen LogP contribution in [-0.4, -0.2) is 16.9 Å². The van der Waals surface area contributed by atoms with Crippen molar-refractivity contribution < 1.29 is 0 Å². The summed E-state index contributed by atoms with van der Waals surface area (Å²) >= 11 is 0. The van der Waals surface area contributed by atoms with Gasteiger partial charge in [-0.25, -0.2) is 0 Å². The fourth-order valence-electron chi connectivity index (χ4n) is 0.744. The molecule has 1 aliphatic heterocycles. The number of nitrogens with zero attached hydrogens (tertiary/aromatic N) is 2. The van der Waals surface area contributed by atoms with E-state index in [1.807, 2.05) is 17.3 Å². The lowest BCUT2D eigenvalue weighted by molar-refractivity contribution is 0.328. The SMILES string of the molecule is C=CC1=C=NN(C(C)C)C=C1. The molecule has 11 heavy (non-hydrogen) atoms. The van der Waals surface area contributed by atoms with Crippen LogP contribution >= 0.6 is 0 Å². The molecule has 0 bridgehead atoms. The molecule has 0 unspecified atom stereocenters. The summed E-state index contributed by atoms with van der Waals surface area (Å²) in [6.07, 6.45) is 5.61. The number of hydrogen-bond acceptors (Lipinski definition) is 2. The van der Waals surface area contributed by atoms with E-state index in [9.17, 15) is 0 Å². The van der Waals surface area contributed by atoms with Crippen LogP contribution in [0.4, 0.5) is 0 Å². The summed E-state index contributed by atoms with van der Waals surface area (Å²) < 4.78 is 0. The van der Waals surface area contributed by atoms with Crippen LogP contribution in [0.3, 0.4) is 0 Å². The average molecular weight is 148 g/mol. The third kappa shape index (κ3) is 1.82. The summed E-state index contributed by atoms with van der Waals surface area (Å²) in [5.74, 6) is 2.86. The van der Waals surface area contributed by atoms with E-state index in [2.05, 4.69) is 31.4 Å². The Hall–Kier alpha value is -1.27. The first-order valence-electron chi connectivity index (χ1n) is 3.66. The second-order valence-electron chi connectivity index (χ2n) is 2.66. The molecule has 0 atom stereocenters. The van der Waals surface area contributed by atoms with Crippen molar-refractivity contribution in [3.05, 3.63) is 30.5 Å². The van der Waals surface area contributed by atoms with Gasteiger partial charge in [-0.05, 0) is 19.9 Å². The third-order valence-corrected chi connectivity index (χ3v) is 1.45. The Morgan fingerprint density at radius 3 is 2.82 bits per heavy atom. The van der Waals surface area contributed by atoms with E-state index in [0.29, 0.717) is 6.04 Å². The smallest absolute Gasteiger partial charge is 0.0470 e. The van der Waals surface area contributed by atoms with E-state index in [4.69, 9.17) is 0 Å². The van der Waals surface area contributed by atoms with Gasteiger partial charge in [0, 0.05) is 23.7 Å². The predicted molar refractivity (Wildman–Crippen MR) is 47.3 cm³/mol. The van der Waals surface area contributed by atoms with Gasteiger partial charge in [-0.3, -0.25) is 5.01 Å². The van der Waals surface area contributed by atoms with Crippen molar-refractivity contribution >= 4 is 5.87 Å². The summed E-state index contributed by atoms with van der Waals surface area (Å²) in [7, 11) is 0. The van der Waals surface area contributed by atoms with Gasteiger partial charge in [-0.2, -0.15) is 0 Å². The van der Waals surface area contributed by atoms with Crippen LogP contribution in [0.25, 0.3) is 0 Å². The molecule has 0 aromatic heterocycles. The van der Waals surface area contributed by atoms with Crippen molar-refractivity contribution in [2.45, 2.75) is 19.9 Å². The molecule has 58 valence electrons. The summed E-state index contributed by atoms with van der Waals surface area (Å²) in [6.45, 7) is 7.78. The number of hydrazone groups is 1. The molecule has 0 amide bonds. The highest BCUT2D eigenvalue weighted by atomic mass is 15.4. The van der Waals surface area contributed by atoms with Crippen LogP contribution in [-0.2, 0) is 0 Å². The van der Waals surface area contributed by atoms with Crippen molar-refractivity contribution in [1.29, 1.82) is 0 Å². The Balaban J connectivity index is 2.79. The molecule has 0 spiro atoms. The minimum atomic E-state index is 0.394. The Morgan fingerprint density at radius 1 is 1.73 bits per heavy atom. The van der Waals surface area contributed by atoms with Gasteiger partial charge in [-0.1, -0.05) is 12.7 Å². The van der Waals surface area contributed by atoms with Crippen molar-refractivity contribution in [2.75, 3.05) is 0 Å². The molecule has 1 heterocycles. The van der Waals surface area contributed by atoms with Gasteiger partial charge in [0.2, 0.25) is 0 Å². The lowest BCUT2D eigenvalue weighted by Gasteiger charge is -2.18. The number of hydrogen-bond donors (Lipinski definition) is 0. The second-order valence-corrected chi connectivity index (χ2v) is 2.66. The fourth-order valence-corrected chi connectivity index (χ4v) is 0.744. The van der Waals surface area contributed by atoms with Crippen LogP contribution in [0.2, 0.25) is 0 Å². The van der Waals surface area contributed by atoms with E-state index in [1.54, 1.807) is 6.08 Å². The maximum absolute atomic E-state index is 4.07. The highest BCUT2D eigenvalue weighted by Crippen LogP contribution is 2.05. The first kappa shape index (κ1) is 7.83. The molecule has 0 aliphatic carbocycles. The fraction of sp³-hybridized carbons (Fsp3) is 0.333. The van der Waals surface area contributed by atoms with Gasteiger partial charge in [-0.15, -0.1) is 5.10 Å². The van der Waals surface area contributed by atoms with Gasteiger partial charge in [0.15, 0.2) is 0 Å². The van der Waals surface area contributed by atoms with Crippen LogP contribution in [0.1, 0.15) is 13.8 Å². The average Bonchev–Trinajstić information content (AvgIpc) is 2.05. The molecule has 0 saturated carbocycles. The standard InChI is InChI=1S/C9H12N2/c1-4-9-5-6-11(8(2)3)10-7-9/h4-6,8H,1H2,2-3H3. The monoisotopic (exact) mass is 148 g/mol. The minimum absolute atomic E-state index is 0.394. The molecule has 0 aromatic rings. The molecular formula is C9H12N2. The maximum atomic E-state index is 4.07. The normalized spacial score (nSPS) is 15.5. The van der Waals surface area contributed by atoms with Crippen LogP contribution in [0, 0.1) is 0 Å². The van der Waals surface area contributed by atoms with Gasteiger partial charge in [0.25, 0.3) is 0 Å². The molecular weight excluding hydrogens is 136 g/mol. The molecule has 0 aromatic carbocycles. The zero-order chi connectivity index (χ0) is 8.27. The Kier molecular flexibility index (Phi) is 2.29. The molecule has 2 heteroatoms. The lowest BCUT2D eigenvalue weighted by atomic mass is 10.2. The lowest BCUT2D eigenvalue weighted by Crippen LogP contribution is -2.20.